The van der Waals surface area contributed by atoms with E-state index in [2.05, 4.69) is 53.4 Å². The summed E-state index contributed by atoms with van der Waals surface area (Å²) in [6, 6.07) is 16.8. The summed E-state index contributed by atoms with van der Waals surface area (Å²) in [6.45, 7) is 6.18. The Morgan fingerprint density at radius 1 is 1.00 bits per heavy atom. The predicted molar refractivity (Wildman–Crippen MR) is 130 cm³/mol. The quantitative estimate of drug-likeness (QED) is 0.435. The van der Waals surface area contributed by atoms with Gasteiger partial charge in [0.15, 0.2) is 4.80 Å². The molecule has 4 nitrogen and oxygen atoms in total. The summed E-state index contributed by atoms with van der Waals surface area (Å²) < 4.78 is 8.31. The van der Waals surface area contributed by atoms with E-state index in [-0.39, 0.29) is 0 Å². The molecule has 0 aliphatic heterocycles. The Balaban J connectivity index is 1.32. The van der Waals surface area contributed by atoms with Crippen molar-refractivity contribution in [3.8, 4) is 11.5 Å². The van der Waals surface area contributed by atoms with E-state index < -0.39 is 0 Å². The van der Waals surface area contributed by atoms with E-state index in [1.54, 1.807) is 11.3 Å². The molecule has 3 aromatic rings. The number of hydrogen-bond donors (Lipinski definition) is 1. The van der Waals surface area contributed by atoms with Crippen LogP contribution in [0.4, 0.5) is 5.69 Å². The average Bonchev–Trinajstić information content (AvgIpc) is 3.18. The number of ether oxygens (including phenoxy) is 1. The van der Waals surface area contributed by atoms with Gasteiger partial charge in [0.05, 0.1) is 6.04 Å². The molecule has 0 unspecified atom stereocenters. The summed E-state index contributed by atoms with van der Waals surface area (Å²) in [4.78, 5) is 6.27. The fourth-order valence-corrected chi connectivity index (χ4v) is 5.16. The third kappa shape index (κ3) is 6.01. The minimum Gasteiger partial charge on any atom is -0.457 e. The molecule has 2 aromatic carbocycles. The zero-order valence-corrected chi connectivity index (χ0v) is 19.5. The van der Waals surface area contributed by atoms with Crippen LogP contribution in [0.1, 0.15) is 50.3 Å². The Bertz CT molecular complexity index is 1010. The second-order valence-electron chi connectivity index (χ2n) is 8.29. The van der Waals surface area contributed by atoms with Crippen molar-refractivity contribution in [2.24, 2.45) is 4.99 Å². The molecule has 1 saturated carbocycles. The molecule has 5 heteroatoms. The molecule has 1 fully saturated rings. The number of benzene rings is 2. The second-order valence-corrected chi connectivity index (χ2v) is 9.13. The van der Waals surface area contributed by atoms with Crippen molar-refractivity contribution in [3.05, 3.63) is 70.0 Å². The zero-order valence-electron chi connectivity index (χ0n) is 18.6. The molecular weight excluding hydrogens is 402 g/mol. The van der Waals surface area contributed by atoms with Crippen LogP contribution in [0.25, 0.3) is 0 Å². The minimum absolute atomic E-state index is 0.525. The van der Waals surface area contributed by atoms with Crippen LogP contribution in [0.3, 0.4) is 0 Å². The molecule has 1 aliphatic carbocycles. The first kappa shape index (κ1) is 21.7. The normalized spacial score (nSPS) is 15.2. The topological polar surface area (TPSA) is 38.5 Å². The van der Waals surface area contributed by atoms with Crippen molar-refractivity contribution < 1.29 is 4.74 Å². The van der Waals surface area contributed by atoms with Crippen molar-refractivity contribution in [3.63, 3.8) is 0 Å². The average molecular weight is 436 g/mol. The molecule has 1 aromatic heterocycles. The molecule has 1 aliphatic rings. The van der Waals surface area contributed by atoms with Gasteiger partial charge in [-0.3, -0.25) is 4.99 Å². The smallest absolute Gasteiger partial charge is 0.185 e. The Morgan fingerprint density at radius 2 is 1.68 bits per heavy atom. The van der Waals surface area contributed by atoms with Crippen molar-refractivity contribution in [1.29, 1.82) is 0 Å². The van der Waals surface area contributed by atoms with Crippen LogP contribution in [-0.2, 0) is 13.0 Å². The Kier molecular flexibility index (Phi) is 7.47. The van der Waals surface area contributed by atoms with E-state index >= 15 is 0 Å². The summed E-state index contributed by atoms with van der Waals surface area (Å²) in [5, 5.41) is 5.82. The molecule has 0 saturated heterocycles. The predicted octanol–water partition coefficient (Wildman–Crippen LogP) is 6.56. The number of thiazole rings is 1. The summed E-state index contributed by atoms with van der Waals surface area (Å²) >= 11 is 1.80. The Morgan fingerprint density at radius 3 is 2.35 bits per heavy atom. The van der Waals surface area contributed by atoms with Gasteiger partial charge in [-0.25, -0.2) is 0 Å². The van der Waals surface area contributed by atoms with Gasteiger partial charge in [-0.1, -0.05) is 37.0 Å². The minimum atomic E-state index is 0.525. The van der Waals surface area contributed by atoms with E-state index in [1.807, 2.05) is 24.3 Å². The molecule has 1 N–H and O–H groups in total. The van der Waals surface area contributed by atoms with E-state index in [1.165, 1.54) is 48.2 Å². The van der Waals surface area contributed by atoms with E-state index in [0.29, 0.717) is 6.04 Å². The monoisotopic (exact) mass is 435 g/mol. The van der Waals surface area contributed by atoms with Gasteiger partial charge in [-0.15, -0.1) is 11.3 Å². The van der Waals surface area contributed by atoms with Crippen LogP contribution >= 0.6 is 11.3 Å². The summed E-state index contributed by atoms with van der Waals surface area (Å²) in [5.74, 6) is 1.72. The molecular formula is C26H33N3OS. The van der Waals surface area contributed by atoms with Gasteiger partial charge < -0.3 is 14.6 Å². The highest BCUT2D eigenvalue weighted by Crippen LogP contribution is 2.23. The number of hydrogen-bond acceptors (Lipinski definition) is 4. The first-order valence-corrected chi connectivity index (χ1v) is 12.4. The first-order valence-electron chi connectivity index (χ1n) is 11.5. The van der Waals surface area contributed by atoms with Crippen LogP contribution in [0.2, 0.25) is 0 Å². The van der Waals surface area contributed by atoms with Crippen molar-refractivity contribution in [2.45, 2.75) is 65.0 Å². The Labute approximate surface area is 189 Å². The van der Waals surface area contributed by atoms with E-state index in [9.17, 15) is 0 Å². The number of aryl methyl sites for hydroxylation is 1. The van der Waals surface area contributed by atoms with E-state index in [0.717, 1.165) is 36.7 Å². The lowest BCUT2D eigenvalue weighted by Gasteiger charge is -2.17. The lowest BCUT2D eigenvalue weighted by atomic mass is 9.96. The first-order chi connectivity index (χ1) is 15.2. The van der Waals surface area contributed by atoms with Crippen LogP contribution in [0, 0.1) is 6.92 Å². The number of nitrogens with zero attached hydrogens (tertiary/aromatic N) is 2. The SMILES string of the molecule is CCn1c(CCNc2ccc(Oc3ccc(C)cc3)cc2)csc1=NC1CCCCC1. The van der Waals surface area contributed by atoms with Gasteiger partial charge in [-0.05, 0) is 63.1 Å². The van der Waals surface area contributed by atoms with Crippen molar-refractivity contribution >= 4 is 17.0 Å². The largest absolute Gasteiger partial charge is 0.457 e. The van der Waals surface area contributed by atoms with E-state index in [4.69, 9.17) is 9.73 Å². The fourth-order valence-electron chi connectivity index (χ4n) is 4.09. The lowest BCUT2D eigenvalue weighted by Crippen LogP contribution is -2.22. The highest BCUT2D eigenvalue weighted by atomic mass is 32.1. The van der Waals surface area contributed by atoms with Gasteiger partial charge in [0.1, 0.15) is 11.5 Å². The van der Waals surface area contributed by atoms with Crippen LogP contribution in [0.5, 0.6) is 11.5 Å². The fraction of sp³-hybridized carbons (Fsp3) is 0.423. The molecule has 31 heavy (non-hydrogen) atoms. The third-order valence-electron chi connectivity index (χ3n) is 5.88. The van der Waals surface area contributed by atoms with Crippen molar-refractivity contribution in [1.82, 2.24) is 4.57 Å². The van der Waals surface area contributed by atoms with Gasteiger partial charge >= 0.3 is 0 Å². The van der Waals surface area contributed by atoms with Crippen LogP contribution in [-0.4, -0.2) is 17.2 Å². The maximum atomic E-state index is 5.92. The molecule has 1 heterocycles. The number of aromatic nitrogens is 1. The molecule has 0 amide bonds. The van der Waals surface area contributed by atoms with Gasteiger partial charge in [0, 0.05) is 36.3 Å². The molecule has 0 bridgehead atoms. The highest BCUT2D eigenvalue weighted by molar-refractivity contribution is 7.07. The Hall–Kier alpha value is -2.53. The maximum absolute atomic E-state index is 5.92. The van der Waals surface area contributed by atoms with Gasteiger partial charge in [-0.2, -0.15) is 0 Å². The summed E-state index contributed by atoms with van der Waals surface area (Å²) in [6.07, 6.45) is 7.53. The standard InChI is InChI=1S/C26H33N3OS/c1-3-29-23(19-31-26(29)28-22-7-5-4-6-8-22)17-18-27-21-11-15-25(16-12-21)30-24-13-9-20(2)10-14-24/h9-16,19,22,27H,3-8,17-18H2,1-2H3. The molecule has 0 spiro atoms. The number of nitrogens with one attached hydrogen (secondary N) is 1. The van der Waals surface area contributed by atoms with Crippen molar-refractivity contribution in [2.75, 3.05) is 11.9 Å². The summed E-state index contributed by atoms with van der Waals surface area (Å²) in [7, 11) is 0. The highest BCUT2D eigenvalue weighted by Gasteiger charge is 2.13. The number of rotatable bonds is 8. The van der Waals surface area contributed by atoms with Gasteiger partial charge in [0.25, 0.3) is 0 Å². The zero-order chi connectivity index (χ0) is 21.5. The second kappa shape index (κ2) is 10.7. The maximum Gasteiger partial charge on any atom is 0.185 e. The molecule has 0 radical (unpaired) electrons. The molecule has 164 valence electrons. The molecule has 4 rings (SSSR count). The van der Waals surface area contributed by atoms with Gasteiger partial charge in [0.2, 0.25) is 0 Å². The number of anilines is 1. The third-order valence-corrected chi connectivity index (χ3v) is 6.81. The lowest BCUT2D eigenvalue weighted by molar-refractivity contribution is 0.434. The van der Waals surface area contributed by atoms with Crippen LogP contribution < -0.4 is 14.9 Å². The van der Waals surface area contributed by atoms with Crippen LogP contribution in [0.15, 0.2) is 58.9 Å². The summed E-state index contributed by atoms with van der Waals surface area (Å²) in [5.41, 5.74) is 3.72. The molecule has 0 atom stereocenters.